The maximum atomic E-state index is 12.8. The highest BCUT2D eigenvalue weighted by molar-refractivity contribution is 8.03. The van der Waals surface area contributed by atoms with E-state index in [1.54, 1.807) is 18.2 Å². The van der Waals surface area contributed by atoms with Gasteiger partial charge in [-0.1, -0.05) is 23.9 Å². The van der Waals surface area contributed by atoms with Crippen molar-refractivity contribution in [1.82, 2.24) is 24.8 Å². The standard InChI is InChI=1S/C29H30F3N5O4S/c1-28(41-16-18-2-5-25(33-13-18)29(30,31)32)35-23(17-42-28)19-6-9-36(10-7-19)15-26-34-22-4-3-20(27(38)39)12-24(22)37(26)14-21-8-11-40-21/h2-6,12-13,17,21,35H,7-11,14-16H2,1H3,(H,38,39)/t21-,28?/m0/s1. The highest BCUT2D eigenvalue weighted by atomic mass is 32.2. The average molecular weight is 602 g/mol. The number of alkyl halides is 3. The molecule has 1 fully saturated rings. The van der Waals surface area contributed by atoms with Crippen LogP contribution >= 0.6 is 11.8 Å². The van der Waals surface area contributed by atoms with Crippen LogP contribution in [0.2, 0.25) is 0 Å². The average Bonchev–Trinajstić information content (AvgIpc) is 3.49. The van der Waals surface area contributed by atoms with E-state index in [0.717, 1.165) is 61.2 Å². The Morgan fingerprint density at radius 2 is 2.14 bits per heavy atom. The van der Waals surface area contributed by atoms with E-state index in [0.29, 0.717) is 18.7 Å². The molecule has 13 heteroatoms. The van der Waals surface area contributed by atoms with E-state index in [9.17, 15) is 23.1 Å². The number of hydrogen-bond acceptors (Lipinski definition) is 8. The molecule has 0 radical (unpaired) electrons. The van der Waals surface area contributed by atoms with Crippen LogP contribution in [0.25, 0.3) is 11.0 Å². The van der Waals surface area contributed by atoms with E-state index >= 15 is 0 Å². The fourth-order valence-corrected chi connectivity index (χ4v) is 6.01. The van der Waals surface area contributed by atoms with Gasteiger partial charge in [0.1, 0.15) is 11.5 Å². The molecule has 42 heavy (non-hydrogen) atoms. The maximum absolute atomic E-state index is 12.8. The van der Waals surface area contributed by atoms with Crippen molar-refractivity contribution in [1.29, 1.82) is 0 Å². The molecule has 9 nitrogen and oxygen atoms in total. The molecule has 1 aromatic carbocycles. The number of pyridine rings is 1. The van der Waals surface area contributed by atoms with Crippen molar-refractivity contribution in [2.45, 2.75) is 56.8 Å². The summed E-state index contributed by atoms with van der Waals surface area (Å²) in [5, 5.41) is 14.2. The second-order valence-electron chi connectivity index (χ2n) is 10.7. The summed E-state index contributed by atoms with van der Waals surface area (Å²) in [6.45, 7) is 5.54. The molecule has 5 heterocycles. The molecule has 1 saturated heterocycles. The summed E-state index contributed by atoms with van der Waals surface area (Å²) in [4.78, 5) is 22.2. The van der Waals surface area contributed by atoms with Crippen molar-refractivity contribution in [2.75, 3.05) is 19.7 Å². The highest BCUT2D eigenvalue weighted by Crippen LogP contribution is 2.37. The zero-order valence-corrected chi connectivity index (χ0v) is 23.7. The number of hydrogen-bond donors (Lipinski definition) is 2. The Balaban J connectivity index is 1.07. The first kappa shape index (κ1) is 28.7. The van der Waals surface area contributed by atoms with Crippen molar-refractivity contribution in [3.05, 3.63) is 81.9 Å². The number of carboxylic acid groups (broad SMARTS) is 1. The molecular weight excluding hydrogens is 571 g/mol. The second kappa shape index (κ2) is 11.4. The summed E-state index contributed by atoms with van der Waals surface area (Å²) in [5.74, 6) is -0.0849. The first-order valence-electron chi connectivity index (χ1n) is 13.6. The van der Waals surface area contributed by atoms with Gasteiger partial charge in [-0.2, -0.15) is 13.2 Å². The van der Waals surface area contributed by atoms with Gasteiger partial charge in [0, 0.05) is 31.6 Å². The van der Waals surface area contributed by atoms with Crippen molar-refractivity contribution in [3.8, 4) is 0 Å². The maximum Gasteiger partial charge on any atom is 0.433 e. The summed E-state index contributed by atoms with van der Waals surface area (Å²) in [5.41, 5.74) is 3.58. The summed E-state index contributed by atoms with van der Waals surface area (Å²) >= 11 is 1.48. The fraction of sp³-hybridized carbons (Fsp3) is 0.414. The lowest BCUT2D eigenvalue weighted by Crippen LogP contribution is -2.38. The predicted octanol–water partition coefficient (Wildman–Crippen LogP) is 5.14. The molecular formula is C29H30F3N5O4S. The first-order chi connectivity index (χ1) is 20.1. The third kappa shape index (κ3) is 6.19. The quantitative estimate of drug-likeness (QED) is 0.345. The molecule has 3 aliphatic heterocycles. The van der Waals surface area contributed by atoms with Crippen LogP contribution in [0.1, 0.15) is 47.2 Å². The van der Waals surface area contributed by atoms with Gasteiger partial charge in [-0.25, -0.2) is 9.78 Å². The smallest absolute Gasteiger partial charge is 0.433 e. The number of halogens is 3. The Hall–Kier alpha value is -3.39. The zero-order chi connectivity index (χ0) is 29.5. The molecule has 0 spiro atoms. The van der Waals surface area contributed by atoms with Crippen LogP contribution in [0.15, 0.2) is 59.3 Å². The van der Waals surface area contributed by atoms with Crippen LogP contribution in [0.3, 0.4) is 0 Å². The van der Waals surface area contributed by atoms with Crippen LogP contribution in [0.5, 0.6) is 0 Å². The Morgan fingerprint density at radius 1 is 1.31 bits per heavy atom. The molecule has 2 atom stereocenters. The number of nitrogens with zero attached hydrogens (tertiary/aromatic N) is 4. The zero-order valence-electron chi connectivity index (χ0n) is 22.9. The monoisotopic (exact) mass is 601 g/mol. The number of benzene rings is 1. The third-order valence-corrected chi connectivity index (χ3v) is 8.67. The number of allylic oxidation sites excluding steroid dienone is 1. The number of ether oxygens (including phenoxy) is 2. The SMILES string of the molecule is CC1(OCc2ccc(C(F)(F)F)nc2)NC(C2=CCN(Cc3nc4ccc(C(=O)O)cc4n3C[C@@H]3CCO3)CC2)=CS1. The lowest BCUT2D eigenvalue weighted by atomic mass is 10.1. The largest absolute Gasteiger partial charge is 0.478 e. The highest BCUT2D eigenvalue weighted by Gasteiger charge is 2.34. The lowest BCUT2D eigenvalue weighted by Gasteiger charge is -2.30. The van der Waals surface area contributed by atoms with Crippen LogP contribution < -0.4 is 5.32 Å². The van der Waals surface area contributed by atoms with E-state index < -0.39 is 22.9 Å². The molecule has 2 aromatic heterocycles. The molecule has 6 rings (SSSR count). The number of thioether (sulfide) groups is 1. The fourth-order valence-electron chi connectivity index (χ4n) is 5.16. The summed E-state index contributed by atoms with van der Waals surface area (Å²) in [6.07, 6.45) is 0.788. The Bertz CT molecular complexity index is 1550. The van der Waals surface area contributed by atoms with E-state index in [1.165, 1.54) is 29.6 Å². The first-order valence-corrected chi connectivity index (χ1v) is 14.5. The molecule has 1 unspecified atom stereocenters. The summed E-state index contributed by atoms with van der Waals surface area (Å²) in [6, 6.07) is 7.37. The van der Waals surface area contributed by atoms with Gasteiger partial charge >= 0.3 is 12.1 Å². The van der Waals surface area contributed by atoms with Crippen molar-refractivity contribution >= 4 is 28.8 Å². The van der Waals surface area contributed by atoms with Gasteiger partial charge in [-0.3, -0.25) is 9.88 Å². The summed E-state index contributed by atoms with van der Waals surface area (Å²) in [7, 11) is 0. The number of carbonyl (C=O) groups is 1. The number of carboxylic acids is 1. The minimum Gasteiger partial charge on any atom is -0.478 e. The van der Waals surface area contributed by atoms with Gasteiger partial charge < -0.3 is 24.5 Å². The molecule has 222 valence electrons. The van der Waals surface area contributed by atoms with Crippen molar-refractivity contribution in [3.63, 3.8) is 0 Å². The van der Waals surface area contributed by atoms with Gasteiger partial charge in [0.05, 0.1) is 42.4 Å². The van der Waals surface area contributed by atoms with Gasteiger partial charge in [0.15, 0.2) is 5.06 Å². The Labute approximate surface area is 244 Å². The normalized spacial score (nSPS) is 22.9. The van der Waals surface area contributed by atoms with Gasteiger partial charge in [0.2, 0.25) is 0 Å². The van der Waals surface area contributed by atoms with E-state index in [4.69, 9.17) is 14.5 Å². The number of rotatable bonds is 9. The van der Waals surface area contributed by atoms with E-state index in [1.807, 2.05) is 12.3 Å². The van der Waals surface area contributed by atoms with E-state index in [2.05, 4.69) is 25.8 Å². The molecule has 0 saturated carbocycles. The van der Waals surface area contributed by atoms with Crippen LogP contribution in [-0.2, 0) is 35.3 Å². The van der Waals surface area contributed by atoms with Crippen molar-refractivity contribution < 1.29 is 32.5 Å². The Kier molecular flexibility index (Phi) is 7.77. The minimum absolute atomic E-state index is 0.104. The minimum atomic E-state index is -4.47. The summed E-state index contributed by atoms with van der Waals surface area (Å²) < 4.78 is 52.1. The number of fused-ring (bicyclic) bond motifs is 1. The molecule has 2 N–H and O–H groups in total. The topological polar surface area (TPSA) is 102 Å². The molecule has 3 aliphatic rings. The Morgan fingerprint density at radius 3 is 2.79 bits per heavy atom. The lowest BCUT2D eigenvalue weighted by molar-refractivity contribution is -0.141. The molecule has 0 amide bonds. The van der Waals surface area contributed by atoms with Gasteiger partial charge in [-0.15, -0.1) is 0 Å². The third-order valence-electron chi connectivity index (χ3n) is 7.65. The molecule has 0 aliphatic carbocycles. The van der Waals surface area contributed by atoms with Crippen LogP contribution in [0, 0.1) is 0 Å². The number of aromatic carboxylic acids is 1. The van der Waals surface area contributed by atoms with Crippen LogP contribution in [0.4, 0.5) is 13.2 Å². The van der Waals surface area contributed by atoms with E-state index in [-0.39, 0.29) is 18.3 Å². The van der Waals surface area contributed by atoms with Gasteiger partial charge in [-0.05, 0) is 60.6 Å². The number of nitrogens with one attached hydrogen (secondary N) is 1. The number of imidazole rings is 1. The van der Waals surface area contributed by atoms with Crippen LogP contribution in [-0.4, -0.2) is 61.4 Å². The second-order valence-corrected chi connectivity index (χ2v) is 12.0. The molecule has 0 bridgehead atoms. The molecule has 3 aromatic rings. The predicted molar refractivity (Wildman–Crippen MR) is 150 cm³/mol. The van der Waals surface area contributed by atoms with Gasteiger partial charge in [0.25, 0.3) is 0 Å². The number of aromatic nitrogens is 3. The van der Waals surface area contributed by atoms with Crippen molar-refractivity contribution in [2.24, 2.45) is 0 Å².